The van der Waals surface area contributed by atoms with Crippen LogP contribution in [-0.2, 0) is 4.74 Å². The maximum atomic E-state index is 9.19. The standard InChI is InChI=1S/C12H26N2O2/c1-3-13-12(10-15)5-7-14-6-4-8-16-11(2)9-14/h11-13,15H,3-10H2,1-2H3. The van der Waals surface area contributed by atoms with E-state index in [1.54, 1.807) is 0 Å². The van der Waals surface area contributed by atoms with Crippen molar-refractivity contribution in [2.45, 2.75) is 38.8 Å². The van der Waals surface area contributed by atoms with Gasteiger partial charge < -0.3 is 20.1 Å². The number of hydrogen-bond acceptors (Lipinski definition) is 4. The molecule has 2 atom stereocenters. The van der Waals surface area contributed by atoms with Crippen molar-refractivity contribution in [3.8, 4) is 0 Å². The van der Waals surface area contributed by atoms with Crippen molar-refractivity contribution in [2.75, 3.05) is 39.4 Å². The molecule has 0 amide bonds. The summed E-state index contributed by atoms with van der Waals surface area (Å²) < 4.78 is 5.61. The molecule has 0 aliphatic carbocycles. The Morgan fingerprint density at radius 2 is 2.38 bits per heavy atom. The third kappa shape index (κ3) is 5.25. The molecule has 0 aromatic carbocycles. The molecule has 0 aromatic heterocycles. The van der Waals surface area contributed by atoms with Gasteiger partial charge in [-0.25, -0.2) is 0 Å². The summed E-state index contributed by atoms with van der Waals surface area (Å²) in [6.07, 6.45) is 2.47. The molecule has 0 radical (unpaired) electrons. The lowest BCUT2D eigenvalue weighted by Gasteiger charge is -2.24. The molecule has 96 valence electrons. The third-order valence-corrected chi connectivity index (χ3v) is 3.04. The van der Waals surface area contributed by atoms with Crippen LogP contribution in [0.5, 0.6) is 0 Å². The fourth-order valence-corrected chi connectivity index (χ4v) is 2.17. The van der Waals surface area contributed by atoms with Gasteiger partial charge in [-0.05, 0) is 32.9 Å². The Bertz CT molecular complexity index is 178. The van der Waals surface area contributed by atoms with Crippen molar-refractivity contribution in [1.29, 1.82) is 0 Å². The normalized spacial score (nSPS) is 25.3. The predicted octanol–water partition coefficient (Wildman–Crippen LogP) is 0.458. The summed E-state index contributed by atoms with van der Waals surface area (Å²) in [7, 11) is 0. The number of nitrogens with one attached hydrogen (secondary N) is 1. The topological polar surface area (TPSA) is 44.7 Å². The van der Waals surface area contributed by atoms with Gasteiger partial charge in [0.15, 0.2) is 0 Å². The fourth-order valence-electron chi connectivity index (χ4n) is 2.17. The molecule has 4 nitrogen and oxygen atoms in total. The smallest absolute Gasteiger partial charge is 0.0673 e. The van der Waals surface area contributed by atoms with E-state index in [0.29, 0.717) is 6.10 Å². The summed E-state index contributed by atoms with van der Waals surface area (Å²) in [5, 5.41) is 12.5. The molecule has 1 fully saturated rings. The van der Waals surface area contributed by atoms with Crippen LogP contribution in [0.3, 0.4) is 0 Å². The molecule has 2 N–H and O–H groups in total. The Balaban J connectivity index is 2.23. The number of rotatable bonds is 6. The highest BCUT2D eigenvalue weighted by atomic mass is 16.5. The summed E-state index contributed by atoms with van der Waals surface area (Å²) in [5.74, 6) is 0. The highest BCUT2D eigenvalue weighted by Gasteiger charge is 2.16. The van der Waals surface area contributed by atoms with Crippen LogP contribution in [0.1, 0.15) is 26.7 Å². The summed E-state index contributed by atoms with van der Waals surface area (Å²) >= 11 is 0. The van der Waals surface area contributed by atoms with Crippen molar-refractivity contribution >= 4 is 0 Å². The molecular formula is C12H26N2O2. The van der Waals surface area contributed by atoms with Crippen LogP contribution < -0.4 is 5.32 Å². The second-order valence-electron chi connectivity index (χ2n) is 4.56. The molecule has 1 aliphatic rings. The molecule has 0 aromatic rings. The number of ether oxygens (including phenoxy) is 1. The van der Waals surface area contributed by atoms with E-state index >= 15 is 0 Å². The van der Waals surface area contributed by atoms with Crippen LogP contribution in [0.15, 0.2) is 0 Å². The number of nitrogens with zero attached hydrogens (tertiary/aromatic N) is 1. The van der Waals surface area contributed by atoms with Gasteiger partial charge in [0.05, 0.1) is 12.7 Å². The molecule has 1 rings (SSSR count). The molecule has 16 heavy (non-hydrogen) atoms. The van der Waals surface area contributed by atoms with Crippen molar-refractivity contribution in [3.63, 3.8) is 0 Å². The average Bonchev–Trinajstić information content (AvgIpc) is 2.49. The number of aliphatic hydroxyl groups is 1. The van der Waals surface area contributed by atoms with Gasteiger partial charge in [0.25, 0.3) is 0 Å². The second-order valence-corrected chi connectivity index (χ2v) is 4.56. The average molecular weight is 230 g/mol. The van der Waals surface area contributed by atoms with Crippen LogP contribution in [-0.4, -0.2) is 61.5 Å². The third-order valence-electron chi connectivity index (χ3n) is 3.04. The molecule has 4 heteroatoms. The first-order valence-corrected chi connectivity index (χ1v) is 6.44. The Morgan fingerprint density at radius 1 is 1.56 bits per heavy atom. The van der Waals surface area contributed by atoms with Gasteiger partial charge in [-0.1, -0.05) is 6.92 Å². The van der Waals surface area contributed by atoms with Gasteiger partial charge in [0.1, 0.15) is 0 Å². The van der Waals surface area contributed by atoms with Gasteiger partial charge in [-0.2, -0.15) is 0 Å². The minimum atomic E-state index is 0.230. The predicted molar refractivity (Wildman–Crippen MR) is 65.6 cm³/mol. The summed E-state index contributed by atoms with van der Waals surface area (Å²) in [4.78, 5) is 2.44. The Morgan fingerprint density at radius 3 is 3.06 bits per heavy atom. The quantitative estimate of drug-likeness (QED) is 0.696. The van der Waals surface area contributed by atoms with E-state index in [2.05, 4.69) is 24.1 Å². The van der Waals surface area contributed by atoms with E-state index in [0.717, 1.165) is 45.6 Å². The Kier molecular flexibility index (Phi) is 6.96. The molecule has 2 unspecified atom stereocenters. The van der Waals surface area contributed by atoms with Gasteiger partial charge in [-0.15, -0.1) is 0 Å². The Hall–Kier alpha value is -0.160. The SMILES string of the molecule is CCNC(CO)CCN1CCCOC(C)C1. The zero-order valence-corrected chi connectivity index (χ0v) is 10.6. The summed E-state index contributed by atoms with van der Waals surface area (Å²) in [6, 6.07) is 0.240. The maximum absolute atomic E-state index is 9.19. The zero-order valence-electron chi connectivity index (χ0n) is 10.6. The lowest BCUT2D eigenvalue weighted by atomic mass is 10.2. The number of likely N-dealkylation sites (N-methyl/N-ethyl adjacent to an activating group) is 1. The number of hydrogen-bond donors (Lipinski definition) is 2. The van der Waals surface area contributed by atoms with E-state index < -0.39 is 0 Å². The lowest BCUT2D eigenvalue weighted by Crippen LogP contribution is -2.38. The Labute approximate surface area is 99.0 Å². The van der Waals surface area contributed by atoms with Crippen molar-refractivity contribution < 1.29 is 9.84 Å². The molecule has 1 heterocycles. The van der Waals surface area contributed by atoms with Gasteiger partial charge in [0.2, 0.25) is 0 Å². The van der Waals surface area contributed by atoms with Crippen molar-refractivity contribution in [2.24, 2.45) is 0 Å². The van der Waals surface area contributed by atoms with E-state index in [4.69, 9.17) is 4.74 Å². The van der Waals surface area contributed by atoms with Crippen LogP contribution in [0, 0.1) is 0 Å². The molecular weight excluding hydrogens is 204 g/mol. The molecule has 0 bridgehead atoms. The molecule has 0 saturated carbocycles. The first-order chi connectivity index (χ1) is 7.76. The van der Waals surface area contributed by atoms with Crippen molar-refractivity contribution in [1.82, 2.24) is 10.2 Å². The largest absolute Gasteiger partial charge is 0.395 e. The van der Waals surface area contributed by atoms with E-state index in [1.165, 1.54) is 0 Å². The summed E-state index contributed by atoms with van der Waals surface area (Å²) in [6.45, 7) is 9.42. The first kappa shape index (κ1) is 13.9. The monoisotopic (exact) mass is 230 g/mol. The lowest BCUT2D eigenvalue weighted by molar-refractivity contribution is 0.0668. The van der Waals surface area contributed by atoms with E-state index in [-0.39, 0.29) is 12.6 Å². The van der Waals surface area contributed by atoms with Crippen LogP contribution >= 0.6 is 0 Å². The molecule has 0 spiro atoms. The summed E-state index contributed by atoms with van der Waals surface area (Å²) in [5.41, 5.74) is 0. The van der Waals surface area contributed by atoms with Crippen LogP contribution in [0.4, 0.5) is 0 Å². The van der Waals surface area contributed by atoms with Crippen molar-refractivity contribution in [3.05, 3.63) is 0 Å². The van der Waals surface area contributed by atoms with Gasteiger partial charge in [0, 0.05) is 25.7 Å². The minimum absolute atomic E-state index is 0.230. The first-order valence-electron chi connectivity index (χ1n) is 6.44. The zero-order chi connectivity index (χ0) is 11.8. The molecule has 1 saturated heterocycles. The van der Waals surface area contributed by atoms with Gasteiger partial charge in [-0.3, -0.25) is 0 Å². The van der Waals surface area contributed by atoms with Crippen LogP contribution in [0.2, 0.25) is 0 Å². The van der Waals surface area contributed by atoms with E-state index in [1.807, 2.05) is 0 Å². The highest BCUT2D eigenvalue weighted by Crippen LogP contribution is 2.06. The minimum Gasteiger partial charge on any atom is -0.395 e. The highest BCUT2D eigenvalue weighted by molar-refractivity contribution is 4.71. The number of aliphatic hydroxyl groups excluding tert-OH is 1. The maximum Gasteiger partial charge on any atom is 0.0673 e. The van der Waals surface area contributed by atoms with Gasteiger partial charge >= 0.3 is 0 Å². The van der Waals surface area contributed by atoms with E-state index in [9.17, 15) is 5.11 Å². The fraction of sp³-hybridized carbons (Fsp3) is 1.00. The van der Waals surface area contributed by atoms with Crippen LogP contribution in [0.25, 0.3) is 0 Å². The molecule has 1 aliphatic heterocycles. The second kappa shape index (κ2) is 8.01.